The van der Waals surface area contributed by atoms with Crippen molar-refractivity contribution in [3.8, 4) is 0 Å². The van der Waals surface area contributed by atoms with E-state index in [2.05, 4.69) is 4.90 Å². The van der Waals surface area contributed by atoms with Crippen LogP contribution in [0.15, 0.2) is 0 Å². The smallest absolute Gasteiger partial charge is 0.0906 e. The minimum absolute atomic E-state index is 0.101. The highest BCUT2D eigenvalue weighted by atomic mass is 19.1. The lowest BCUT2D eigenvalue weighted by atomic mass is 9.87. The van der Waals surface area contributed by atoms with Crippen molar-refractivity contribution in [2.75, 3.05) is 19.8 Å². The Kier molecular flexibility index (Phi) is 4.59. The molecule has 94 valence electrons. The summed E-state index contributed by atoms with van der Waals surface area (Å²) in [6, 6.07) is 0.526. The van der Waals surface area contributed by atoms with Crippen LogP contribution < -0.4 is 0 Å². The first-order chi connectivity index (χ1) is 7.83. The first-order valence-corrected chi connectivity index (χ1v) is 6.81. The molecule has 16 heavy (non-hydrogen) atoms. The Morgan fingerprint density at radius 2 is 2.00 bits per heavy atom. The van der Waals surface area contributed by atoms with E-state index in [0.29, 0.717) is 18.4 Å². The fraction of sp³-hybridized carbons (Fsp3) is 1.00. The summed E-state index contributed by atoms with van der Waals surface area (Å²) in [6.07, 6.45) is 7.57. The van der Waals surface area contributed by atoms with Gasteiger partial charge in [0.05, 0.1) is 12.8 Å². The molecule has 3 heteroatoms. The van der Waals surface area contributed by atoms with Gasteiger partial charge < -0.3 is 5.11 Å². The molecule has 0 aromatic rings. The van der Waals surface area contributed by atoms with Crippen molar-refractivity contribution >= 4 is 0 Å². The Labute approximate surface area is 97.8 Å². The lowest BCUT2D eigenvalue weighted by Crippen LogP contribution is -2.46. The zero-order valence-electron chi connectivity index (χ0n) is 10.1. The number of piperidine rings is 1. The minimum Gasteiger partial charge on any atom is -0.393 e. The SMILES string of the molecule is OC1CCCC1C1CCCCN1CCCF. The third kappa shape index (κ3) is 2.75. The van der Waals surface area contributed by atoms with E-state index in [1.807, 2.05) is 0 Å². The van der Waals surface area contributed by atoms with Gasteiger partial charge in [-0.05, 0) is 38.6 Å². The Hall–Kier alpha value is -0.150. The average Bonchev–Trinajstić information content (AvgIpc) is 2.73. The van der Waals surface area contributed by atoms with Crippen molar-refractivity contribution in [3.05, 3.63) is 0 Å². The van der Waals surface area contributed by atoms with Gasteiger partial charge in [0.1, 0.15) is 0 Å². The molecular formula is C13H24FNO. The highest BCUT2D eigenvalue weighted by Crippen LogP contribution is 2.35. The van der Waals surface area contributed by atoms with Crippen molar-refractivity contribution in [2.24, 2.45) is 5.92 Å². The standard InChI is InChI=1S/C13H24FNO/c14-8-4-10-15-9-2-1-6-12(15)11-5-3-7-13(11)16/h11-13,16H,1-10H2. The average molecular weight is 229 g/mol. The predicted molar refractivity (Wildman–Crippen MR) is 63.2 cm³/mol. The summed E-state index contributed by atoms with van der Waals surface area (Å²) in [5.41, 5.74) is 0. The second-order valence-electron chi connectivity index (χ2n) is 5.30. The fourth-order valence-electron chi connectivity index (χ4n) is 3.46. The summed E-state index contributed by atoms with van der Waals surface area (Å²) in [5.74, 6) is 0.458. The maximum absolute atomic E-state index is 12.3. The largest absolute Gasteiger partial charge is 0.393 e. The van der Waals surface area contributed by atoms with Crippen LogP contribution in [0.4, 0.5) is 4.39 Å². The van der Waals surface area contributed by atoms with Gasteiger partial charge in [-0.15, -0.1) is 0 Å². The maximum Gasteiger partial charge on any atom is 0.0906 e. The summed E-state index contributed by atoms with van der Waals surface area (Å²) >= 11 is 0. The van der Waals surface area contributed by atoms with Gasteiger partial charge >= 0.3 is 0 Å². The summed E-state index contributed by atoms with van der Waals surface area (Å²) in [4.78, 5) is 2.43. The summed E-state index contributed by atoms with van der Waals surface area (Å²) in [6.45, 7) is 1.77. The van der Waals surface area contributed by atoms with Gasteiger partial charge in [-0.25, -0.2) is 0 Å². The van der Waals surface area contributed by atoms with Gasteiger partial charge in [0.2, 0.25) is 0 Å². The second-order valence-corrected chi connectivity index (χ2v) is 5.30. The van der Waals surface area contributed by atoms with Crippen LogP contribution in [0.3, 0.4) is 0 Å². The summed E-state index contributed by atoms with van der Waals surface area (Å²) < 4.78 is 12.3. The maximum atomic E-state index is 12.3. The number of likely N-dealkylation sites (tertiary alicyclic amines) is 1. The lowest BCUT2D eigenvalue weighted by Gasteiger charge is -2.40. The van der Waals surface area contributed by atoms with Gasteiger partial charge in [-0.1, -0.05) is 12.8 Å². The van der Waals surface area contributed by atoms with Crippen LogP contribution in [0.5, 0.6) is 0 Å². The van der Waals surface area contributed by atoms with Gasteiger partial charge in [-0.3, -0.25) is 9.29 Å². The number of rotatable bonds is 4. The zero-order chi connectivity index (χ0) is 11.4. The van der Waals surface area contributed by atoms with E-state index in [0.717, 1.165) is 25.9 Å². The lowest BCUT2D eigenvalue weighted by molar-refractivity contribution is 0.0342. The molecule has 0 amide bonds. The van der Waals surface area contributed by atoms with Crippen LogP contribution >= 0.6 is 0 Å². The monoisotopic (exact) mass is 229 g/mol. The minimum atomic E-state index is -0.212. The molecule has 0 radical (unpaired) electrons. The molecule has 0 aromatic carbocycles. The van der Waals surface area contributed by atoms with E-state index >= 15 is 0 Å². The van der Waals surface area contributed by atoms with Gasteiger partial charge in [0, 0.05) is 18.5 Å². The number of hydrogen-bond acceptors (Lipinski definition) is 2. The molecule has 2 nitrogen and oxygen atoms in total. The first-order valence-electron chi connectivity index (χ1n) is 6.81. The Bertz CT molecular complexity index is 212. The molecule has 1 N–H and O–H groups in total. The normalized spacial score (nSPS) is 36.8. The van der Waals surface area contributed by atoms with E-state index in [1.54, 1.807) is 0 Å². The zero-order valence-corrected chi connectivity index (χ0v) is 10.1. The van der Waals surface area contributed by atoms with Crippen molar-refractivity contribution in [1.82, 2.24) is 4.90 Å². The van der Waals surface area contributed by atoms with Crippen molar-refractivity contribution in [3.63, 3.8) is 0 Å². The van der Waals surface area contributed by atoms with Crippen LogP contribution in [0, 0.1) is 5.92 Å². The number of alkyl halides is 1. The Morgan fingerprint density at radius 1 is 1.12 bits per heavy atom. The Balaban J connectivity index is 1.92. The topological polar surface area (TPSA) is 23.5 Å². The first kappa shape index (κ1) is 12.3. The number of hydrogen-bond donors (Lipinski definition) is 1. The third-order valence-corrected chi connectivity index (χ3v) is 4.27. The summed E-state index contributed by atoms with van der Waals surface area (Å²) in [5, 5.41) is 9.98. The molecule has 1 aliphatic heterocycles. The number of halogens is 1. The molecule has 2 fully saturated rings. The van der Waals surface area contributed by atoms with E-state index in [4.69, 9.17) is 0 Å². The molecule has 1 heterocycles. The molecule has 2 aliphatic rings. The van der Waals surface area contributed by atoms with E-state index < -0.39 is 0 Å². The van der Waals surface area contributed by atoms with Gasteiger partial charge in [-0.2, -0.15) is 0 Å². The highest BCUT2D eigenvalue weighted by molar-refractivity contribution is 4.90. The molecule has 0 aromatic heterocycles. The quantitative estimate of drug-likeness (QED) is 0.800. The van der Waals surface area contributed by atoms with Crippen LogP contribution in [-0.4, -0.2) is 41.9 Å². The molecule has 3 unspecified atom stereocenters. The number of aliphatic hydroxyl groups excluding tert-OH is 1. The van der Waals surface area contributed by atoms with E-state index in [9.17, 15) is 9.50 Å². The van der Waals surface area contributed by atoms with Gasteiger partial charge in [0.25, 0.3) is 0 Å². The molecule has 0 spiro atoms. The van der Waals surface area contributed by atoms with Crippen LogP contribution in [0.1, 0.15) is 44.9 Å². The molecule has 1 saturated carbocycles. The highest BCUT2D eigenvalue weighted by Gasteiger charge is 2.36. The third-order valence-electron chi connectivity index (χ3n) is 4.27. The predicted octanol–water partition coefficient (Wildman–Crippen LogP) is 2.36. The molecular weight excluding hydrogens is 205 g/mol. The molecule has 3 atom stereocenters. The van der Waals surface area contributed by atoms with Crippen LogP contribution in [0.2, 0.25) is 0 Å². The summed E-state index contributed by atoms with van der Waals surface area (Å²) in [7, 11) is 0. The fourth-order valence-corrected chi connectivity index (χ4v) is 3.46. The molecule has 1 saturated heterocycles. The van der Waals surface area contributed by atoms with Crippen LogP contribution in [0.25, 0.3) is 0 Å². The van der Waals surface area contributed by atoms with Gasteiger partial charge in [0.15, 0.2) is 0 Å². The number of aliphatic hydroxyl groups is 1. The van der Waals surface area contributed by atoms with Crippen LogP contribution in [-0.2, 0) is 0 Å². The van der Waals surface area contributed by atoms with Crippen molar-refractivity contribution in [1.29, 1.82) is 0 Å². The van der Waals surface area contributed by atoms with E-state index in [-0.39, 0.29) is 12.8 Å². The second kappa shape index (κ2) is 5.97. The van der Waals surface area contributed by atoms with Crippen molar-refractivity contribution in [2.45, 2.75) is 57.1 Å². The molecule has 0 bridgehead atoms. The molecule has 2 rings (SSSR count). The number of nitrogens with zero attached hydrogens (tertiary/aromatic N) is 1. The van der Waals surface area contributed by atoms with E-state index in [1.165, 1.54) is 25.7 Å². The molecule has 1 aliphatic carbocycles. The Morgan fingerprint density at radius 3 is 2.69 bits per heavy atom. The van der Waals surface area contributed by atoms with Crippen molar-refractivity contribution < 1.29 is 9.50 Å².